The molecule has 0 heterocycles. The Labute approximate surface area is 235 Å². The van der Waals surface area contributed by atoms with Gasteiger partial charge in [-0.25, -0.2) is 5.43 Å². The third-order valence-corrected chi connectivity index (χ3v) is 6.10. The second kappa shape index (κ2) is 13.1. The lowest BCUT2D eigenvalue weighted by Gasteiger charge is -2.14. The van der Waals surface area contributed by atoms with Crippen molar-refractivity contribution in [2.75, 3.05) is 24.4 Å². The molecule has 0 saturated carbocycles. The Morgan fingerprint density at radius 2 is 1.73 bits per heavy atom. The van der Waals surface area contributed by atoms with Gasteiger partial charge in [0.15, 0.2) is 18.1 Å². The second-order valence-corrected chi connectivity index (χ2v) is 9.20. The highest BCUT2D eigenvalue weighted by molar-refractivity contribution is 9.10. The fourth-order valence-corrected chi connectivity index (χ4v) is 3.92. The highest BCUT2D eigenvalue weighted by Gasteiger charge is 2.30. The number of rotatable bonds is 8. The lowest BCUT2D eigenvalue weighted by Crippen LogP contribution is -2.32. The summed E-state index contributed by atoms with van der Waals surface area (Å²) >= 11 is 3.31. The summed E-state index contributed by atoms with van der Waals surface area (Å²) in [6, 6.07) is 12.6. The number of carbonyl (C=O) groups is 3. The van der Waals surface area contributed by atoms with Gasteiger partial charge in [0, 0.05) is 11.4 Å². The number of aryl methyl sites for hydroxylation is 1. The van der Waals surface area contributed by atoms with Crippen LogP contribution in [0.1, 0.15) is 22.3 Å². The molecule has 9 nitrogen and oxygen atoms in total. The SMILES string of the molecule is COc1cc(C=NNC(=O)C(=O)Nc2cccc(C)c2C)cc(Br)c1OCC(=O)Nc1cccc(C(F)(F)F)c1. The van der Waals surface area contributed by atoms with E-state index >= 15 is 0 Å². The van der Waals surface area contributed by atoms with E-state index < -0.39 is 36.1 Å². The normalized spacial score (nSPS) is 11.2. The largest absolute Gasteiger partial charge is 0.493 e. The zero-order valence-corrected chi connectivity index (χ0v) is 23.1. The zero-order chi connectivity index (χ0) is 29.4. The number of hydrogen-bond donors (Lipinski definition) is 3. The van der Waals surface area contributed by atoms with E-state index in [0.29, 0.717) is 15.7 Å². The van der Waals surface area contributed by atoms with E-state index in [4.69, 9.17) is 9.47 Å². The van der Waals surface area contributed by atoms with Crippen LogP contribution in [0.2, 0.25) is 0 Å². The third kappa shape index (κ3) is 8.06. The maximum absolute atomic E-state index is 12.9. The zero-order valence-electron chi connectivity index (χ0n) is 21.5. The predicted molar refractivity (Wildman–Crippen MR) is 147 cm³/mol. The minimum absolute atomic E-state index is 0.0363. The number of nitrogens with one attached hydrogen (secondary N) is 3. The van der Waals surface area contributed by atoms with Gasteiger partial charge in [0.1, 0.15) is 0 Å². The molecule has 0 aliphatic heterocycles. The van der Waals surface area contributed by atoms with E-state index in [1.165, 1.54) is 31.5 Å². The van der Waals surface area contributed by atoms with Gasteiger partial charge < -0.3 is 20.1 Å². The molecule has 3 aromatic carbocycles. The van der Waals surface area contributed by atoms with Gasteiger partial charge >= 0.3 is 18.0 Å². The van der Waals surface area contributed by atoms with Crippen LogP contribution in [0.25, 0.3) is 0 Å². The highest BCUT2D eigenvalue weighted by atomic mass is 79.9. The van der Waals surface area contributed by atoms with Crippen molar-refractivity contribution >= 4 is 51.2 Å². The molecule has 3 aromatic rings. The smallest absolute Gasteiger partial charge is 0.416 e. The molecule has 3 amide bonds. The highest BCUT2D eigenvalue weighted by Crippen LogP contribution is 2.36. The van der Waals surface area contributed by atoms with E-state index in [1.54, 1.807) is 18.2 Å². The van der Waals surface area contributed by atoms with Crippen LogP contribution in [0.3, 0.4) is 0 Å². The first kappa shape index (κ1) is 30.2. The Morgan fingerprint density at radius 3 is 2.42 bits per heavy atom. The lowest BCUT2D eigenvalue weighted by atomic mass is 10.1. The van der Waals surface area contributed by atoms with Gasteiger partial charge in [-0.2, -0.15) is 18.3 Å². The van der Waals surface area contributed by atoms with Crippen LogP contribution < -0.4 is 25.5 Å². The number of halogens is 4. The average molecular weight is 621 g/mol. The minimum atomic E-state index is -4.55. The number of benzene rings is 3. The van der Waals surface area contributed by atoms with Crippen LogP contribution in [-0.2, 0) is 20.6 Å². The number of methoxy groups -OCH3 is 1. The molecule has 0 fully saturated rings. The van der Waals surface area contributed by atoms with Crippen molar-refractivity contribution in [2.45, 2.75) is 20.0 Å². The molecule has 0 atom stereocenters. The van der Waals surface area contributed by atoms with Crippen molar-refractivity contribution < 1.29 is 37.0 Å². The molecular weight excluding hydrogens is 597 g/mol. The van der Waals surface area contributed by atoms with Crippen LogP contribution in [0.15, 0.2) is 64.2 Å². The molecule has 0 unspecified atom stereocenters. The van der Waals surface area contributed by atoms with E-state index in [2.05, 4.69) is 37.1 Å². The lowest BCUT2D eigenvalue weighted by molar-refractivity contribution is -0.137. The van der Waals surface area contributed by atoms with E-state index in [1.807, 2.05) is 19.9 Å². The van der Waals surface area contributed by atoms with Crippen LogP contribution in [-0.4, -0.2) is 37.7 Å². The van der Waals surface area contributed by atoms with E-state index in [9.17, 15) is 27.6 Å². The average Bonchev–Trinajstić information content (AvgIpc) is 2.90. The first-order valence-corrected chi connectivity index (χ1v) is 12.4. The number of hydrazone groups is 1. The summed E-state index contributed by atoms with van der Waals surface area (Å²) in [6.45, 7) is 3.18. The number of hydrogen-bond acceptors (Lipinski definition) is 6. The van der Waals surface area contributed by atoms with Crippen molar-refractivity contribution in [3.63, 3.8) is 0 Å². The maximum atomic E-state index is 12.9. The molecule has 40 heavy (non-hydrogen) atoms. The molecule has 0 saturated heterocycles. The van der Waals surface area contributed by atoms with Gasteiger partial charge in [0.25, 0.3) is 5.91 Å². The van der Waals surface area contributed by atoms with Crippen molar-refractivity contribution in [2.24, 2.45) is 5.10 Å². The number of carbonyl (C=O) groups excluding carboxylic acids is 3. The topological polar surface area (TPSA) is 118 Å². The third-order valence-electron chi connectivity index (χ3n) is 5.51. The summed E-state index contributed by atoms with van der Waals surface area (Å²) in [7, 11) is 1.36. The van der Waals surface area contributed by atoms with E-state index in [0.717, 1.165) is 23.3 Å². The first-order chi connectivity index (χ1) is 18.9. The molecule has 0 radical (unpaired) electrons. The predicted octanol–water partition coefficient (Wildman–Crippen LogP) is 5.20. The minimum Gasteiger partial charge on any atom is -0.493 e. The molecule has 0 bridgehead atoms. The number of amides is 3. The van der Waals surface area contributed by atoms with Crippen molar-refractivity contribution in [3.05, 3.63) is 81.3 Å². The van der Waals surface area contributed by atoms with Gasteiger partial charge in [-0.05, 0) is 82.9 Å². The maximum Gasteiger partial charge on any atom is 0.416 e. The Kier molecular flexibility index (Phi) is 9.88. The fraction of sp³-hybridized carbons (Fsp3) is 0.185. The van der Waals surface area contributed by atoms with Crippen LogP contribution >= 0.6 is 15.9 Å². The monoisotopic (exact) mass is 620 g/mol. The molecule has 3 N–H and O–H groups in total. The molecule has 0 spiro atoms. The summed E-state index contributed by atoms with van der Waals surface area (Å²) in [4.78, 5) is 36.6. The quantitative estimate of drug-likeness (QED) is 0.182. The molecule has 13 heteroatoms. The van der Waals surface area contributed by atoms with Gasteiger partial charge in [-0.1, -0.05) is 18.2 Å². The second-order valence-electron chi connectivity index (χ2n) is 8.35. The molecule has 0 aliphatic carbocycles. The Morgan fingerprint density at radius 1 is 1.00 bits per heavy atom. The van der Waals surface area contributed by atoms with Gasteiger partial charge in [0.2, 0.25) is 0 Å². The summed E-state index contributed by atoms with van der Waals surface area (Å²) in [6.07, 6.45) is -3.28. The van der Waals surface area contributed by atoms with Gasteiger partial charge in [-0.15, -0.1) is 0 Å². The van der Waals surface area contributed by atoms with Crippen molar-refractivity contribution in [1.29, 1.82) is 0 Å². The molecule has 0 aromatic heterocycles. The Hall–Kier alpha value is -4.39. The summed E-state index contributed by atoms with van der Waals surface area (Å²) in [5.74, 6) is -2.22. The number of nitrogens with zero attached hydrogens (tertiary/aromatic N) is 1. The van der Waals surface area contributed by atoms with Gasteiger partial charge in [-0.3, -0.25) is 14.4 Å². The standard InChI is InChI=1S/C27H24BrF3N4O5/c1-15-6-4-9-21(16(15)2)34-25(37)26(38)35-32-13-17-10-20(28)24(22(11-17)39-3)40-14-23(36)33-19-8-5-7-18(12-19)27(29,30)31/h4-13H,14H2,1-3H3,(H,33,36)(H,34,37)(H,35,38). The van der Waals surface area contributed by atoms with Crippen LogP contribution in [0.5, 0.6) is 11.5 Å². The first-order valence-electron chi connectivity index (χ1n) is 11.6. The fourth-order valence-electron chi connectivity index (χ4n) is 3.34. The number of ether oxygens (including phenoxy) is 2. The molecular formula is C27H24BrF3N4O5. The molecule has 210 valence electrons. The van der Waals surface area contributed by atoms with Crippen molar-refractivity contribution in [3.8, 4) is 11.5 Å². The van der Waals surface area contributed by atoms with E-state index in [-0.39, 0.29) is 17.2 Å². The number of alkyl halides is 3. The summed E-state index contributed by atoms with van der Waals surface area (Å²) < 4.78 is 49.8. The van der Waals surface area contributed by atoms with Crippen LogP contribution in [0, 0.1) is 13.8 Å². The van der Waals surface area contributed by atoms with Crippen LogP contribution in [0.4, 0.5) is 24.5 Å². The van der Waals surface area contributed by atoms with Crippen molar-refractivity contribution in [1.82, 2.24) is 5.43 Å². The molecule has 3 rings (SSSR count). The number of anilines is 2. The Balaban J connectivity index is 1.60. The Bertz CT molecular complexity index is 1460. The summed E-state index contributed by atoms with van der Waals surface area (Å²) in [5.41, 5.74) is 3.95. The van der Waals surface area contributed by atoms with Gasteiger partial charge in [0.05, 0.1) is 23.4 Å². The summed E-state index contributed by atoms with van der Waals surface area (Å²) in [5, 5.41) is 8.67. The molecule has 0 aliphatic rings.